The van der Waals surface area contributed by atoms with Gasteiger partial charge in [0.2, 0.25) is 17.2 Å². The molecule has 1 aliphatic carbocycles. The summed E-state index contributed by atoms with van der Waals surface area (Å²) in [6, 6.07) is 29.9. The lowest BCUT2D eigenvalue weighted by Gasteiger charge is -2.26. The van der Waals surface area contributed by atoms with Crippen LogP contribution in [-0.4, -0.2) is 84.3 Å². The summed E-state index contributed by atoms with van der Waals surface area (Å²) in [6.07, 6.45) is 0. The van der Waals surface area contributed by atoms with Crippen LogP contribution in [0.3, 0.4) is 0 Å². The number of para-hydroxylation sites is 1. The number of carboxylic acids is 1. The second kappa shape index (κ2) is 25.0. The number of aromatic nitrogens is 4. The number of nitrogens with zero attached hydrogens (tertiary/aromatic N) is 3. The quantitative estimate of drug-likeness (QED) is 0.00935. The van der Waals surface area contributed by atoms with Gasteiger partial charge in [0, 0.05) is 33.0 Å². The van der Waals surface area contributed by atoms with Gasteiger partial charge in [-0.1, -0.05) is 81.8 Å². The topological polar surface area (TPSA) is 413 Å². The van der Waals surface area contributed by atoms with Crippen molar-refractivity contribution in [1.82, 2.24) is 19.9 Å². The Bertz CT molecular complexity index is 4490. The zero-order valence-electron chi connectivity index (χ0n) is 41.8. The highest BCUT2D eigenvalue weighted by molar-refractivity contribution is 7.95. The number of pyridine rings is 1. The third-order valence-electron chi connectivity index (χ3n) is 12.3. The van der Waals surface area contributed by atoms with Gasteiger partial charge in [0.05, 0.1) is 95.8 Å². The standard InChI is InChI=1S/C51H32ClN7O21S5/c52-49-57-50(54-31-11-4-3-10-30(31)48(63)64)59-51(58-49)55-33-20-32(37(82-79-76-66)22-39(33)85(71,72)73)53-34-21-36(74-35-17-14-24(19-38(35)83-80-77-67)23-12-15-27(16-13-23)84(68,69)70)44-42-40(28-8-1-2-9-29(28)46(61)41(34)42)43(47(62)56-44)45(60)25-6-5-7-26(18-25)81-78-75-65/h1-22,53,65-67H,(H,56,62)(H,63,64)(H,68,69,70)(H,71,72,73)(H2,54,55,57,58,59). The molecule has 7 aromatic carbocycles. The smallest absolute Gasteiger partial charge is 0.337 e. The molecule has 1 aliphatic rings. The van der Waals surface area contributed by atoms with E-state index in [-0.39, 0.29) is 106 Å². The van der Waals surface area contributed by atoms with Gasteiger partial charge < -0.3 is 30.8 Å². The summed E-state index contributed by atoms with van der Waals surface area (Å²) < 4.78 is 91.1. The van der Waals surface area contributed by atoms with Crippen LogP contribution < -0.4 is 26.2 Å². The number of hydrogen-bond acceptors (Lipinski definition) is 27. The number of fused-ring (bicyclic) bond motifs is 2. The maximum Gasteiger partial charge on any atom is 0.337 e. The number of ether oxygens (including phenoxy) is 1. The number of halogens is 1. The molecular formula is C51H32ClN7O21S5. The molecule has 34 heteroatoms. The van der Waals surface area contributed by atoms with Crippen LogP contribution >= 0.6 is 47.7 Å². The second-order valence-corrected chi connectivity index (χ2v) is 22.6. The van der Waals surface area contributed by atoms with E-state index >= 15 is 4.79 Å². The van der Waals surface area contributed by atoms with Crippen LogP contribution in [0.1, 0.15) is 42.2 Å². The van der Waals surface area contributed by atoms with Crippen molar-refractivity contribution >= 4 is 131 Å². The van der Waals surface area contributed by atoms with E-state index in [2.05, 4.69) is 55.3 Å². The summed E-state index contributed by atoms with van der Waals surface area (Å²) in [6.45, 7) is 0. The molecule has 10 rings (SSSR count). The Kier molecular flexibility index (Phi) is 17.6. The number of benzene rings is 7. The Morgan fingerprint density at radius 1 is 0.588 bits per heavy atom. The Morgan fingerprint density at radius 3 is 1.92 bits per heavy atom. The fourth-order valence-corrected chi connectivity index (χ4v) is 11.5. The van der Waals surface area contributed by atoms with Gasteiger partial charge in [0.25, 0.3) is 25.8 Å². The third kappa shape index (κ3) is 12.8. The maximum absolute atomic E-state index is 15.3. The Labute approximate surface area is 493 Å². The van der Waals surface area contributed by atoms with Crippen LogP contribution in [0.2, 0.25) is 5.28 Å². The fraction of sp³-hybridized carbons (Fsp3) is 0. The summed E-state index contributed by atoms with van der Waals surface area (Å²) in [7, 11) is -9.83. The van der Waals surface area contributed by atoms with Crippen LogP contribution in [-0.2, 0) is 48.4 Å². The number of hydrogen-bond donors (Lipinski definition) is 10. The molecule has 0 radical (unpaired) electrons. The molecule has 9 aromatic rings. The first-order chi connectivity index (χ1) is 40.7. The number of carbonyl (C=O) groups excluding carboxylic acids is 2. The van der Waals surface area contributed by atoms with Gasteiger partial charge in [-0.15, -0.1) is 13.0 Å². The van der Waals surface area contributed by atoms with Crippen molar-refractivity contribution in [2.24, 2.45) is 0 Å². The molecule has 0 aliphatic heterocycles. The summed E-state index contributed by atoms with van der Waals surface area (Å²) in [4.78, 5) is 70.6. The van der Waals surface area contributed by atoms with Crippen molar-refractivity contribution in [1.29, 1.82) is 0 Å². The van der Waals surface area contributed by atoms with E-state index in [4.69, 9.17) is 30.3 Å². The monoisotopic (exact) mass is 1270 g/mol. The fourth-order valence-electron chi connectivity index (χ4n) is 8.81. The lowest BCUT2D eigenvalue weighted by molar-refractivity contribution is -0.432. The van der Waals surface area contributed by atoms with E-state index < -0.39 is 75.6 Å². The first-order valence-corrected chi connectivity index (χ1v) is 28.8. The van der Waals surface area contributed by atoms with E-state index in [1.807, 2.05) is 0 Å². The molecule has 0 saturated heterocycles. The van der Waals surface area contributed by atoms with Gasteiger partial charge in [-0.25, -0.2) is 20.6 Å². The largest absolute Gasteiger partial charge is 0.478 e. The van der Waals surface area contributed by atoms with Crippen LogP contribution in [0.4, 0.5) is 34.6 Å². The minimum atomic E-state index is -5.27. The first-order valence-electron chi connectivity index (χ1n) is 23.3. The van der Waals surface area contributed by atoms with Crippen molar-refractivity contribution in [3.63, 3.8) is 0 Å². The summed E-state index contributed by atoms with van der Waals surface area (Å²) in [5, 5.41) is 56.5. The number of ketones is 2. The number of anilines is 6. The summed E-state index contributed by atoms with van der Waals surface area (Å²) in [5.74, 6) is -4.13. The molecule has 0 fully saturated rings. The molecular weight excluding hydrogens is 1240 g/mol. The number of nitrogens with one attached hydrogen (secondary N) is 4. The average Bonchev–Trinajstić information content (AvgIpc) is 0.956. The van der Waals surface area contributed by atoms with Crippen LogP contribution in [0.5, 0.6) is 11.5 Å². The normalized spacial score (nSPS) is 12.0. The predicted molar refractivity (Wildman–Crippen MR) is 301 cm³/mol. The molecule has 0 amide bonds. The molecule has 28 nitrogen and oxygen atoms in total. The van der Waals surface area contributed by atoms with Gasteiger partial charge in [-0.2, -0.15) is 31.8 Å². The van der Waals surface area contributed by atoms with E-state index in [1.165, 1.54) is 103 Å². The van der Waals surface area contributed by atoms with Crippen LogP contribution in [0.25, 0.3) is 33.2 Å². The van der Waals surface area contributed by atoms with Crippen LogP contribution in [0.15, 0.2) is 163 Å². The number of rotatable bonds is 23. The van der Waals surface area contributed by atoms with Crippen molar-refractivity contribution in [2.75, 3.05) is 16.0 Å². The maximum atomic E-state index is 15.3. The van der Waals surface area contributed by atoms with Gasteiger partial charge >= 0.3 is 5.97 Å². The molecule has 0 saturated carbocycles. The van der Waals surface area contributed by atoms with E-state index in [9.17, 15) is 55.9 Å². The van der Waals surface area contributed by atoms with Gasteiger partial charge in [0.15, 0.2) is 17.3 Å². The lowest BCUT2D eigenvalue weighted by Crippen LogP contribution is -2.24. The van der Waals surface area contributed by atoms with E-state index in [1.54, 1.807) is 6.07 Å². The van der Waals surface area contributed by atoms with Gasteiger partial charge in [0.1, 0.15) is 10.6 Å². The molecule has 0 atom stereocenters. The molecule has 10 N–H and O–H groups in total. The zero-order valence-corrected chi connectivity index (χ0v) is 46.6. The van der Waals surface area contributed by atoms with Gasteiger partial charge in [-0.05, 0) is 89.0 Å². The molecule has 2 heterocycles. The highest BCUT2D eigenvalue weighted by Crippen LogP contribution is 2.50. The predicted octanol–water partition coefficient (Wildman–Crippen LogP) is 11.0. The van der Waals surface area contributed by atoms with E-state index in [0.717, 1.165) is 24.3 Å². The molecule has 85 heavy (non-hydrogen) atoms. The van der Waals surface area contributed by atoms with Gasteiger partial charge in [-0.3, -0.25) is 23.5 Å². The highest BCUT2D eigenvalue weighted by atomic mass is 35.5. The van der Waals surface area contributed by atoms with Crippen molar-refractivity contribution in [3.05, 3.63) is 177 Å². The zero-order chi connectivity index (χ0) is 60.3. The highest BCUT2D eigenvalue weighted by Gasteiger charge is 2.36. The molecule has 2 aromatic heterocycles. The minimum absolute atomic E-state index is 0.0171. The number of carboxylic acid groups (broad SMARTS) is 1. The third-order valence-corrected chi connectivity index (χ3v) is 16.0. The first kappa shape index (κ1) is 59.7. The number of aromatic carboxylic acids is 1. The minimum Gasteiger partial charge on any atom is -0.478 e. The number of aromatic amines is 1. The summed E-state index contributed by atoms with van der Waals surface area (Å²) in [5.41, 5.74) is -2.38. The Balaban J connectivity index is 1.20. The second-order valence-electron chi connectivity index (χ2n) is 17.2. The summed E-state index contributed by atoms with van der Waals surface area (Å²) >= 11 is 7.42. The Morgan fingerprint density at radius 2 is 1.24 bits per heavy atom. The number of carbonyl (C=O) groups is 3. The average molecular weight is 1270 g/mol. The SMILES string of the molecule is O=C(O)c1ccccc1Nc1nc(Cl)nc(Nc2cc(Nc3cc(Oc4ccc(-c5ccc(S(=O)(=O)O)cc5)cc4SOOO)c4[nH]c(=O)c(C(=O)c5cccc(SOOO)c5)c5c4c3C(=O)c3ccccc3-5)c(SOOO)cc2S(=O)(=O)O)n1. The van der Waals surface area contributed by atoms with Crippen molar-refractivity contribution < 1.29 is 94.1 Å². The molecule has 0 spiro atoms. The number of H-pyrrole nitrogens is 1. The molecule has 0 bridgehead atoms. The Hall–Kier alpha value is -8.43. The van der Waals surface area contributed by atoms with Crippen molar-refractivity contribution in [3.8, 4) is 33.8 Å². The lowest BCUT2D eigenvalue weighted by atomic mass is 9.80. The van der Waals surface area contributed by atoms with Crippen molar-refractivity contribution in [2.45, 2.75) is 24.5 Å². The molecule has 0 unspecified atom stereocenters. The molecule has 434 valence electrons. The van der Waals surface area contributed by atoms with E-state index in [0.29, 0.717) is 35.2 Å². The van der Waals surface area contributed by atoms with Crippen LogP contribution in [0, 0.1) is 0 Å².